The monoisotopic (exact) mass is 906 g/mol. The van der Waals surface area contributed by atoms with Crippen molar-refractivity contribution in [1.29, 1.82) is 0 Å². The van der Waals surface area contributed by atoms with Gasteiger partial charge in [0.2, 0.25) is 0 Å². The van der Waals surface area contributed by atoms with Gasteiger partial charge in [0.1, 0.15) is 0 Å². The molecule has 0 radical (unpaired) electrons. The molecule has 4 heteroatoms. The lowest BCUT2D eigenvalue weighted by Crippen LogP contribution is -2.59. The highest BCUT2D eigenvalue weighted by molar-refractivity contribution is 7.00. The molecule has 3 nitrogen and oxygen atoms in total. The van der Waals surface area contributed by atoms with E-state index in [4.69, 9.17) is 4.98 Å². The van der Waals surface area contributed by atoms with E-state index in [0.29, 0.717) is 0 Å². The summed E-state index contributed by atoms with van der Waals surface area (Å²) in [5.41, 5.74) is 24.0. The molecular formula is C65H72BN3. The van der Waals surface area contributed by atoms with Crippen LogP contribution in [0.25, 0.3) is 77.5 Å². The van der Waals surface area contributed by atoms with Crippen LogP contribution in [0.3, 0.4) is 0 Å². The van der Waals surface area contributed by atoms with Crippen LogP contribution in [0.2, 0.25) is 0 Å². The van der Waals surface area contributed by atoms with Gasteiger partial charge in [0.05, 0.1) is 22.4 Å². The summed E-state index contributed by atoms with van der Waals surface area (Å²) >= 11 is 0. The summed E-state index contributed by atoms with van der Waals surface area (Å²) in [6.07, 6.45) is 0. The molecule has 0 saturated heterocycles. The number of fused-ring (bicyclic) bond motifs is 10. The molecule has 0 amide bonds. The van der Waals surface area contributed by atoms with Crippen molar-refractivity contribution in [3.8, 4) is 33.9 Å². The van der Waals surface area contributed by atoms with Crippen LogP contribution in [0, 0.1) is 0 Å². The Labute approximate surface area is 412 Å². The Hall–Kier alpha value is -5.87. The molecule has 0 bridgehead atoms. The van der Waals surface area contributed by atoms with Crippen LogP contribution in [0.15, 0.2) is 109 Å². The largest absolute Gasteiger partial charge is 0.310 e. The zero-order valence-corrected chi connectivity index (χ0v) is 44.8. The Morgan fingerprint density at radius 1 is 0.377 bits per heavy atom. The summed E-state index contributed by atoms with van der Waals surface area (Å²) in [6, 6.07) is 42.7. The molecule has 9 aromatic rings. The Bertz CT molecular complexity index is 3450. The molecule has 11 rings (SSSR count). The van der Waals surface area contributed by atoms with Crippen LogP contribution >= 0.6 is 0 Å². The number of benzene rings is 6. The number of hydrogen-bond acceptors (Lipinski definition) is 1. The second-order valence-electron chi connectivity index (χ2n) is 27.1. The Morgan fingerprint density at radius 2 is 0.768 bits per heavy atom. The Morgan fingerprint density at radius 3 is 1.16 bits per heavy atom. The van der Waals surface area contributed by atoms with E-state index in [2.05, 4.69) is 243 Å². The molecule has 2 aliphatic heterocycles. The highest BCUT2D eigenvalue weighted by Crippen LogP contribution is 2.48. The van der Waals surface area contributed by atoms with Gasteiger partial charge in [-0.3, -0.25) is 0 Å². The van der Waals surface area contributed by atoms with Crippen molar-refractivity contribution in [2.24, 2.45) is 0 Å². The maximum atomic E-state index is 5.51. The summed E-state index contributed by atoms with van der Waals surface area (Å²) in [7, 11) is 0. The fourth-order valence-corrected chi connectivity index (χ4v) is 11.7. The molecule has 0 N–H and O–H groups in total. The van der Waals surface area contributed by atoms with Crippen molar-refractivity contribution in [1.82, 2.24) is 14.1 Å². The number of rotatable bonds is 2. The first-order valence-electron chi connectivity index (χ1n) is 25.6. The lowest BCUT2D eigenvalue weighted by Gasteiger charge is -2.36. The zero-order valence-electron chi connectivity index (χ0n) is 44.8. The summed E-state index contributed by atoms with van der Waals surface area (Å²) in [6.45, 7) is 43.0. The summed E-state index contributed by atoms with van der Waals surface area (Å²) in [5, 5.41) is 5.48. The third-order valence-corrected chi connectivity index (χ3v) is 15.7. The zero-order chi connectivity index (χ0) is 49.4. The van der Waals surface area contributed by atoms with Gasteiger partial charge in [-0.25, -0.2) is 4.98 Å². The molecule has 5 heterocycles. The van der Waals surface area contributed by atoms with Crippen molar-refractivity contribution in [3.63, 3.8) is 0 Å². The molecular weight excluding hydrogens is 834 g/mol. The van der Waals surface area contributed by atoms with Crippen LogP contribution in [0.1, 0.15) is 158 Å². The van der Waals surface area contributed by atoms with Gasteiger partial charge in [-0.2, -0.15) is 0 Å². The smallest absolute Gasteiger partial charge is 0.252 e. The average Bonchev–Trinajstić information content (AvgIpc) is 3.77. The normalized spacial score (nSPS) is 14.2. The molecule has 350 valence electrons. The molecule has 69 heavy (non-hydrogen) atoms. The SMILES string of the molecule is CC(C)(C)c1cc2c3c(c1)c1c(C(C)(C)C)cc(C(C)(C)C)cc1n3-c1cc(-c3cccc(-c4ccccc4)n3)cc3c1B2c1cc(C(C)(C)C)cc2c4c(C(C)(C)C)cc(C(C)(C)C)cc4n-3c12. The van der Waals surface area contributed by atoms with E-state index in [1.54, 1.807) is 0 Å². The van der Waals surface area contributed by atoms with E-state index < -0.39 is 0 Å². The number of pyridine rings is 1. The maximum Gasteiger partial charge on any atom is 0.252 e. The highest BCUT2D eigenvalue weighted by Gasteiger charge is 2.44. The van der Waals surface area contributed by atoms with E-state index in [1.807, 2.05) is 0 Å². The van der Waals surface area contributed by atoms with Crippen LogP contribution < -0.4 is 16.4 Å². The molecule has 2 aliphatic rings. The van der Waals surface area contributed by atoms with Gasteiger partial charge in [0.15, 0.2) is 0 Å². The van der Waals surface area contributed by atoms with Gasteiger partial charge >= 0.3 is 0 Å². The van der Waals surface area contributed by atoms with E-state index in [9.17, 15) is 0 Å². The Kier molecular flexibility index (Phi) is 9.49. The number of nitrogens with zero attached hydrogens (tertiary/aromatic N) is 3. The van der Waals surface area contributed by atoms with Gasteiger partial charge in [-0.05, 0) is 131 Å². The number of aromatic nitrogens is 3. The van der Waals surface area contributed by atoms with Gasteiger partial charge in [-0.15, -0.1) is 0 Å². The van der Waals surface area contributed by atoms with Gasteiger partial charge < -0.3 is 9.13 Å². The minimum absolute atomic E-state index is 0.00349. The minimum atomic E-state index is -0.102. The predicted octanol–water partition coefficient (Wildman–Crippen LogP) is 15.5. The first-order chi connectivity index (χ1) is 32.0. The fraction of sp³-hybridized carbons (Fsp3) is 0.369. The summed E-state index contributed by atoms with van der Waals surface area (Å²) < 4.78 is 5.42. The quantitative estimate of drug-likeness (QED) is 0.159. The van der Waals surface area contributed by atoms with E-state index >= 15 is 0 Å². The molecule has 6 aromatic carbocycles. The molecule has 0 fully saturated rings. The van der Waals surface area contributed by atoms with E-state index in [0.717, 1.165) is 22.5 Å². The van der Waals surface area contributed by atoms with Crippen molar-refractivity contribution < 1.29 is 0 Å². The Balaban J connectivity index is 1.42. The topological polar surface area (TPSA) is 22.8 Å². The van der Waals surface area contributed by atoms with E-state index in [-0.39, 0.29) is 39.2 Å². The van der Waals surface area contributed by atoms with Crippen molar-refractivity contribution in [3.05, 3.63) is 143 Å². The maximum absolute atomic E-state index is 5.51. The summed E-state index contributed by atoms with van der Waals surface area (Å²) in [5.74, 6) is 0. The van der Waals surface area contributed by atoms with Crippen LogP contribution in [-0.4, -0.2) is 20.8 Å². The van der Waals surface area contributed by atoms with E-state index in [1.165, 1.54) is 105 Å². The van der Waals surface area contributed by atoms with Crippen molar-refractivity contribution >= 4 is 66.7 Å². The molecule has 0 aliphatic carbocycles. The molecule has 3 aromatic heterocycles. The lowest BCUT2D eigenvalue weighted by atomic mass is 9.34. The predicted molar refractivity (Wildman–Crippen MR) is 301 cm³/mol. The van der Waals surface area contributed by atoms with Crippen LogP contribution in [-0.2, 0) is 32.5 Å². The molecule has 0 unspecified atom stereocenters. The summed E-state index contributed by atoms with van der Waals surface area (Å²) in [4.78, 5) is 5.51. The fourth-order valence-electron chi connectivity index (χ4n) is 11.7. The average molecular weight is 906 g/mol. The van der Waals surface area contributed by atoms with Crippen LogP contribution in [0.5, 0.6) is 0 Å². The number of hydrogen-bond donors (Lipinski definition) is 0. The molecule has 0 atom stereocenters. The third kappa shape index (κ3) is 6.92. The second kappa shape index (κ2) is 14.4. The third-order valence-electron chi connectivity index (χ3n) is 15.7. The van der Waals surface area contributed by atoms with Crippen molar-refractivity contribution in [2.45, 2.75) is 157 Å². The first-order valence-corrected chi connectivity index (χ1v) is 25.6. The lowest BCUT2D eigenvalue weighted by molar-refractivity contribution is 0.572. The standard InChI is InChI=1S/C65H72BN3/c1-60(2,3)39-29-43-55-45(64(13,14)15)31-41(62(7,8)9)35-51(55)68-53-27-38(50-26-22-25-49(67-50)37-23-20-19-21-24-37)28-54-57(53)66(47(33-39)58(43)68)48-34-40(61(4,5)6)30-44-56-46(65(16,17)18)32-42(63(10,11)12)36-52(56)69(54)59(44)48/h19-36H,1-18H3. The molecule has 0 saturated carbocycles. The van der Waals surface area contributed by atoms with Crippen LogP contribution in [0.4, 0.5) is 0 Å². The van der Waals surface area contributed by atoms with Crippen molar-refractivity contribution in [2.75, 3.05) is 0 Å². The highest BCUT2D eigenvalue weighted by atomic mass is 15.0. The first kappa shape index (κ1) is 45.6. The van der Waals surface area contributed by atoms with Gasteiger partial charge in [-0.1, -0.05) is 185 Å². The molecule has 0 spiro atoms. The minimum Gasteiger partial charge on any atom is -0.310 e. The second-order valence-corrected chi connectivity index (χ2v) is 27.1. The van der Waals surface area contributed by atoms with Gasteiger partial charge in [0.25, 0.3) is 6.71 Å². The van der Waals surface area contributed by atoms with Gasteiger partial charge in [0, 0.05) is 55.1 Å².